The maximum absolute atomic E-state index is 5.69. The van der Waals surface area contributed by atoms with E-state index in [9.17, 15) is 0 Å². The molecule has 3 heterocycles. The van der Waals surface area contributed by atoms with E-state index in [-0.39, 0.29) is 0 Å². The number of nitrogens with zero attached hydrogens (tertiary/aromatic N) is 1. The van der Waals surface area contributed by atoms with Crippen LogP contribution >= 0.6 is 0 Å². The summed E-state index contributed by atoms with van der Waals surface area (Å²) in [6.45, 7) is 6.42. The Morgan fingerprint density at radius 1 is 1.26 bits per heavy atom. The lowest BCUT2D eigenvalue weighted by Crippen LogP contribution is -2.47. The lowest BCUT2D eigenvalue weighted by molar-refractivity contribution is 0.132. The Morgan fingerprint density at radius 3 is 2.42 bits per heavy atom. The summed E-state index contributed by atoms with van der Waals surface area (Å²) in [7, 11) is 2.28. The van der Waals surface area contributed by atoms with Gasteiger partial charge in [0, 0.05) is 29.7 Å². The van der Waals surface area contributed by atoms with Crippen LogP contribution in [0, 0.1) is 13.8 Å². The molecule has 106 valence electrons. The summed E-state index contributed by atoms with van der Waals surface area (Å²) < 4.78 is 5.69. The highest BCUT2D eigenvalue weighted by molar-refractivity contribution is 5.23. The zero-order chi connectivity index (χ0) is 13.6. The van der Waals surface area contributed by atoms with Crippen LogP contribution < -0.4 is 5.32 Å². The van der Waals surface area contributed by atoms with Crippen LogP contribution in [0.4, 0.5) is 0 Å². The van der Waals surface area contributed by atoms with Crippen molar-refractivity contribution in [2.75, 3.05) is 7.05 Å². The van der Waals surface area contributed by atoms with E-state index in [4.69, 9.17) is 4.42 Å². The summed E-state index contributed by atoms with van der Waals surface area (Å²) in [5.74, 6) is 2.10. The summed E-state index contributed by atoms with van der Waals surface area (Å²) in [5, 5.41) is 3.72. The Hall–Kier alpha value is -0.800. The van der Waals surface area contributed by atoms with Crippen molar-refractivity contribution in [2.45, 2.75) is 70.6 Å². The minimum atomic E-state index is 0.444. The first kappa shape index (κ1) is 13.2. The van der Waals surface area contributed by atoms with Crippen molar-refractivity contribution < 1.29 is 4.42 Å². The van der Waals surface area contributed by atoms with Gasteiger partial charge in [-0.05, 0) is 59.6 Å². The van der Waals surface area contributed by atoms with Crippen molar-refractivity contribution in [3.63, 3.8) is 0 Å². The summed E-state index contributed by atoms with van der Waals surface area (Å²) in [6, 6.07) is 4.87. The molecule has 1 aromatic heterocycles. The molecule has 0 aromatic carbocycles. The Bertz CT molecular complexity index is 442. The minimum absolute atomic E-state index is 0.444. The molecular weight excluding hydrogens is 236 g/mol. The van der Waals surface area contributed by atoms with Crippen molar-refractivity contribution in [2.24, 2.45) is 0 Å². The Labute approximate surface area is 116 Å². The molecule has 2 aliphatic heterocycles. The largest absolute Gasteiger partial charge is 0.466 e. The normalized spacial score (nSPS) is 31.9. The molecule has 2 fully saturated rings. The van der Waals surface area contributed by atoms with Crippen LogP contribution in [0.1, 0.15) is 55.7 Å². The third kappa shape index (κ3) is 2.46. The average Bonchev–Trinajstić information content (AvgIpc) is 2.89. The van der Waals surface area contributed by atoms with E-state index in [1.165, 1.54) is 31.2 Å². The summed E-state index contributed by atoms with van der Waals surface area (Å²) in [4.78, 5) is 2.56. The van der Waals surface area contributed by atoms with Gasteiger partial charge in [0.05, 0.1) is 0 Å². The Balaban J connectivity index is 1.72. The number of aryl methyl sites for hydroxylation is 2. The Morgan fingerprint density at radius 2 is 1.89 bits per heavy atom. The quantitative estimate of drug-likeness (QED) is 0.907. The zero-order valence-electron chi connectivity index (χ0n) is 12.6. The topological polar surface area (TPSA) is 28.4 Å². The third-order valence-electron chi connectivity index (χ3n) is 5.16. The molecule has 0 amide bonds. The molecule has 3 rings (SSSR count). The van der Waals surface area contributed by atoms with Gasteiger partial charge in [0.15, 0.2) is 0 Å². The Kier molecular flexibility index (Phi) is 3.44. The van der Waals surface area contributed by atoms with Gasteiger partial charge in [-0.1, -0.05) is 0 Å². The predicted octanol–water partition coefficient (Wildman–Crippen LogP) is 3.17. The standard InChI is InChI=1S/C16H26N2O/c1-10-7-16(12(3)19-10)11(2)18(4)15-8-13-5-6-14(9-15)17-13/h7,11,13-15,17H,5-6,8-9H2,1-4H3. The van der Waals surface area contributed by atoms with Gasteiger partial charge in [-0.15, -0.1) is 0 Å². The zero-order valence-corrected chi connectivity index (χ0v) is 12.6. The van der Waals surface area contributed by atoms with Crippen LogP contribution in [0.2, 0.25) is 0 Å². The second kappa shape index (κ2) is 4.95. The molecule has 2 saturated heterocycles. The first-order valence-electron chi connectivity index (χ1n) is 7.59. The smallest absolute Gasteiger partial charge is 0.105 e. The van der Waals surface area contributed by atoms with Crippen molar-refractivity contribution in [1.29, 1.82) is 0 Å². The highest BCUT2D eigenvalue weighted by atomic mass is 16.3. The number of nitrogens with one attached hydrogen (secondary N) is 1. The highest BCUT2D eigenvalue weighted by Crippen LogP contribution is 2.34. The molecule has 3 unspecified atom stereocenters. The van der Waals surface area contributed by atoms with Gasteiger partial charge in [0.25, 0.3) is 0 Å². The molecule has 2 bridgehead atoms. The predicted molar refractivity (Wildman–Crippen MR) is 77.3 cm³/mol. The van der Waals surface area contributed by atoms with E-state index in [0.717, 1.165) is 23.6 Å². The molecule has 19 heavy (non-hydrogen) atoms. The minimum Gasteiger partial charge on any atom is -0.466 e. The van der Waals surface area contributed by atoms with Gasteiger partial charge in [-0.2, -0.15) is 0 Å². The second-order valence-electron chi connectivity index (χ2n) is 6.47. The van der Waals surface area contributed by atoms with E-state index in [0.29, 0.717) is 12.1 Å². The number of piperidine rings is 1. The van der Waals surface area contributed by atoms with Gasteiger partial charge in [0.1, 0.15) is 11.5 Å². The molecule has 0 saturated carbocycles. The van der Waals surface area contributed by atoms with E-state index >= 15 is 0 Å². The van der Waals surface area contributed by atoms with Crippen molar-refractivity contribution >= 4 is 0 Å². The van der Waals surface area contributed by atoms with Gasteiger partial charge in [-0.3, -0.25) is 4.90 Å². The van der Waals surface area contributed by atoms with E-state index in [2.05, 4.69) is 37.2 Å². The molecule has 0 spiro atoms. The van der Waals surface area contributed by atoms with Gasteiger partial charge >= 0.3 is 0 Å². The van der Waals surface area contributed by atoms with Crippen LogP contribution in [0.25, 0.3) is 0 Å². The van der Waals surface area contributed by atoms with Crippen LogP contribution in [0.5, 0.6) is 0 Å². The lowest BCUT2D eigenvalue weighted by Gasteiger charge is -2.38. The molecule has 3 nitrogen and oxygen atoms in total. The fourth-order valence-corrected chi connectivity index (χ4v) is 3.96. The molecule has 1 N–H and O–H groups in total. The second-order valence-corrected chi connectivity index (χ2v) is 6.47. The van der Waals surface area contributed by atoms with Gasteiger partial charge in [0.2, 0.25) is 0 Å². The summed E-state index contributed by atoms with van der Waals surface area (Å²) in [6.07, 6.45) is 5.33. The number of fused-ring (bicyclic) bond motifs is 2. The van der Waals surface area contributed by atoms with Crippen LogP contribution in [0.15, 0.2) is 10.5 Å². The SMILES string of the molecule is Cc1cc(C(C)N(C)C2CC3CCC(C2)N3)c(C)o1. The highest BCUT2D eigenvalue weighted by Gasteiger charge is 2.36. The van der Waals surface area contributed by atoms with Gasteiger partial charge in [-0.25, -0.2) is 0 Å². The number of rotatable bonds is 3. The maximum atomic E-state index is 5.69. The molecule has 3 heteroatoms. The number of hydrogen-bond donors (Lipinski definition) is 1. The van der Waals surface area contributed by atoms with Crippen molar-refractivity contribution in [3.05, 3.63) is 23.2 Å². The van der Waals surface area contributed by atoms with E-state index in [1.54, 1.807) is 0 Å². The van der Waals surface area contributed by atoms with Crippen molar-refractivity contribution in [1.82, 2.24) is 10.2 Å². The fraction of sp³-hybridized carbons (Fsp3) is 0.750. The summed E-state index contributed by atoms with van der Waals surface area (Å²) >= 11 is 0. The first-order valence-corrected chi connectivity index (χ1v) is 7.59. The van der Waals surface area contributed by atoms with Crippen LogP contribution in [-0.2, 0) is 0 Å². The van der Waals surface area contributed by atoms with Crippen LogP contribution in [0.3, 0.4) is 0 Å². The van der Waals surface area contributed by atoms with Crippen molar-refractivity contribution in [3.8, 4) is 0 Å². The molecule has 3 atom stereocenters. The number of hydrogen-bond acceptors (Lipinski definition) is 3. The summed E-state index contributed by atoms with van der Waals surface area (Å²) in [5.41, 5.74) is 1.35. The third-order valence-corrected chi connectivity index (χ3v) is 5.16. The average molecular weight is 262 g/mol. The van der Waals surface area contributed by atoms with E-state index < -0.39 is 0 Å². The molecular formula is C16H26N2O. The van der Waals surface area contributed by atoms with Gasteiger partial charge < -0.3 is 9.73 Å². The first-order chi connectivity index (χ1) is 9.04. The molecule has 2 aliphatic rings. The molecule has 1 aromatic rings. The monoisotopic (exact) mass is 262 g/mol. The maximum Gasteiger partial charge on any atom is 0.105 e. The fourth-order valence-electron chi connectivity index (χ4n) is 3.96. The van der Waals surface area contributed by atoms with Crippen LogP contribution in [-0.4, -0.2) is 30.1 Å². The molecule has 0 aliphatic carbocycles. The van der Waals surface area contributed by atoms with E-state index in [1.807, 2.05) is 6.92 Å². The number of furan rings is 1. The molecule has 0 radical (unpaired) electrons. The lowest BCUT2D eigenvalue weighted by atomic mass is 9.96.